The summed E-state index contributed by atoms with van der Waals surface area (Å²) in [7, 11) is 3.25. The molecule has 1 aliphatic rings. The van der Waals surface area contributed by atoms with Crippen LogP contribution in [0.5, 0.6) is 11.5 Å². The molecule has 4 rings (SSSR count). The molecule has 0 bridgehead atoms. The van der Waals surface area contributed by atoms with Crippen molar-refractivity contribution in [1.82, 2.24) is 9.88 Å². The van der Waals surface area contributed by atoms with Gasteiger partial charge in [-0.2, -0.15) is 0 Å². The third kappa shape index (κ3) is 3.23. The molecule has 0 saturated heterocycles. The van der Waals surface area contributed by atoms with Crippen LogP contribution in [0.3, 0.4) is 0 Å². The third-order valence-electron chi connectivity index (χ3n) is 5.06. The predicted octanol–water partition coefficient (Wildman–Crippen LogP) is 3.95. The number of benzene rings is 2. The lowest BCUT2D eigenvalue weighted by molar-refractivity contribution is 0.0845. The molecule has 1 N–H and O–H groups in total. The van der Waals surface area contributed by atoms with Gasteiger partial charge in [-0.15, -0.1) is 0 Å². The predicted molar refractivity (Wildman–Crippen MR) is 105 cm³/mol. The van der Waals surface area contributed by atoms with Gasteiger partial charge in [0.1, 0.15) is 11.5 Å². The summed E-state index contributed by atoms with van der Waals surface area (Å²) >= 11 is 6.49. The molecule has 0 aliphatic carbocycles. The van der Waals surface area contributed by atoms with E-state index in [4.69, 9.17) is 21.1 Å². The Hall–Kier alpha value is -2.34. The molecule has 1 aliphatic heterocycles. The zero-order chi connectivity index (χ0) is 19.0. The van der Waals surface area contributed by atoms with Crippen LogP contribution in [-0.4, -0.2) is 35.8 Å². The maximum atomic E-state index is 10.8. The number of aliphatic hydroxyl groups is 1. The maximum absolute atomic E-state index is 10.8. The Balaban J connectivity index is 1.72. The van der Waals surface area contributed by atoms with Crippen molar-refractivity contribution in [1.29, 1.82) is 0 Å². The van der Waals surface area contributed by atoms with E-state index in [1.54, 1.807) is 20.4 Å². The number of nitrogens with zero attached hydrogens (tertiary/aromatic N) is 2. The molecule has 0 saturated carbocycles. The van der Waals surface area contributed by atoms with Crippen LogP contribution in [0, 0.1) is 0 Å². The summed E-state index contributed by atoms with van der Waals surface area (Å²) in [5.74, 6) is 1.43. The van der Waals surface area contributed by atoms with Gasteiger partial charge in [-0.25, -0.2) is 0 Å². The SMILES string of the molecule is COc1ccc(OC)c2c1CN(Cc1c(Cl)ccc3cccnc13)CC2O. The summed E-state index contributed by atoms with van der Waals surface area (Å²) < 4.78 is 11.0. The van der Waals surface area contributed by atoms with Crippen LogP contribution >= 0.6 is 11.6 Å². The first-order valence-electron chi connectivity index (χ1n) is 8.78. The Labute approximate surface area is 163 Å². The molecule has 0 fully saturated rings. The lowest BCUT2D eigenvalue weighted by atomic mass is 9.94. The number of hydrogen-bond acceptors (Lipinski definition) is 5. The van der Waals surface area contributed by atoms with Gasteiger partial charge in [-0.05, 0) is 24.3 Å². The molecule has 5 nitrogen and oxygen atoms in total. The minimum atomic E-state index is -0.666. The highest BCUT2D eigenvalue weighted by Gasteiger charge is 2.30. The Morgan fingerprint density at radius 2 is 1.93 bits per heavy atom. The van der Waals surface area contributed by atoms with E-state index in [9.17, 15) is 5.11 Å². The van der Waals surface area contributed by atoms with E-state index in [0.717, 1.165) is 33.3 Å². The fourth-order valence-corrected chi connectivity index (χ4v) is 4.03. The van der Waals surface area contributed by atoms with Crippen LogP contribution in [-0.2, 0) is 13.1 Å². The molecule has 140 valence electrons. The van der Waals surface area contributed by atoms with Crippen molar-refractivity contribution >= 4 is 22.5 Å². The summed E-state index contributed by atoms with van der Waals surface area (Å²) in [5.41, 5.74) is 3.60. The van der Waals surface area contributed by atoms with E-state index in [1.165, 1.54) is 0 Å². The fraction of sp³-hybridized carbons (Fsp3) is 0.286. The first-order valence-corrected chi connectivity index (χ1v) is 9.16. The summed E-state index contributed by atoms with van der Waals surface area (Å²) in [4.78, 5) is 6.67. The van der Waals surface area contributed by atoms with E-state index in [-0.39, 0.29) is 0 Å². The highest BCUT2D eigenvalue weighted by Crippen LogP contribution is 2.40. The number of pyridine rings is 1. The minimum absolute atomic E-state index is 0.482. The van der Waals surface area contributed by atoms with E-state index in [0.29, 0.717) is 30.4 Å². The number of ether oxygens (including phenoxy) is 2. The topological polar surface area (TPSA) is 54.8 Å². The van der Waals surface area contributed by atoms with Crippen LogP contribution in [0.1, 0.15) is 22.8 Å². The minimum Gasteiger partial charge on any atom is -0.496 e. The summed E-state index contributed by atoms with van der Waals surface area (Å²) in [6.45, 7) is 1.70. The molecule has 0 radical (unpaired) electrons. The standard InChI is InChI=1S/C21H21ClN2O3/c1-26-18-7-8-19(27-2)20-15(18)11-24(12-17(20)25)10-14-16(22)6-5-13-4-3-9-23-21(13)14/h3-9,17,25H,10-12H2,1-2H3. The molecule has 1 unspecified atom stereocenters. The number of hydrogen-bond donors (Lipinski definition) is 1. The van der Waals surface area contributed by atoms with Crippen molar-refractivity contribution in [3.63, 3.8) is 0 Å². The molecule has 2 aromatic carbocycles. The van der Waals surface area contributed by atoms with Gasteiger partial charge in [0.15, 0.2) is 0 Å². The smallest absolute Gasteiger partial charge is 0.125 e. The second-order valence-corrected chi connectivity index (χ2v) is 7.06. The molecule has 1 atom stereocenters. The molecular formula is C21H21ClN2O3. The quantitative estimate of drug-likeness (QED) is 0.738. The van der Waals surface area contributed by atoms with Gasteiger partial charge in [0, 0.05) is 52.9 Å². The first kappa shape index (κ1) is 18.0. The van der Waals surface area contributed by atoms with Crippen LogP contribution in [0.2, 0.25) is 5.02 Å². The fourth-order valence-electron chi connectivity index (χ4n) is 3.82. The summed E-state index contributed by atoms with van der Waals surface area (Å²) in [5, 5.41) is 12.5. The molecule has 1 aromatic heterocycles. The van der Waals surface area contributed by atoms with E-state index in [2.05, 4.69) is 9.88 Å². The number of rotatable bonds is 4. The van der Waals surface area contributed by atoms with Crippen LogP contribution < -0.4 is 9.47 Å². The normalized spacial score (nSPS) is 17.0. The van der Waals surface area contributed by atoms with Gasteiger partial charge in [0.25, 0.3) is 0 Å². The molecule has 0 spiro atoms. The van der Waals surface area contributed by atoms with E-state index >= 15 is 0 Å². The van der Waals surface area contributed by atoms with Gasteiger partial charge in [-0.1, -0.05) is 23.7 Å². The van der Waals surface area contributed by atoms with Gasteiger partial charge < -0.3 is 14.6 Å². The molecular weight excluding hydrogens is 364 g/mol. The van der Waals surface area contributed by atoms with Crippen molar-refractivity contribution in [2.75, 3.05) is 20.8 Å². The van der Waals surface area contributed by atoms with Crippen molar-refractivity contribution in [2.45, 2.75) is 19.2 Å². The van der Waals surface area contributed by atoms with Crippen LogP contribution in [0.4, 0.5) is 0 Å². The van der Waals surface area contributed by atoms with Crippen molar-refractivity contribution in [3.05, 3.63) is 64.3 Å². The highest BCUT2D eigenvalue weighted by molar-refractivity contribution is 6.32. The number of fused-ring (bicyclic) bond motifs is 2. The second-order valence-electron chi connectivity index (χ2n) is 6.65. The van der Waals surface area contributed by atoms with Gasteiger partial charge in [-0.3, -0.25) is 9.88 Å². The summed E-state index contributed by atoms with van der Waals surface area (Å²) in [6.07, 6.45) is 1.11. The molecule has 6 heteroatoms. The molecule has 0 amide bonds. The average molecular weight is 385 g/mol. The number of aliphatic hydroxyl groups excluding tert-OH is 1. The Morgan fingerprint density at radius 3 is 2.70 bits per heavy atom. The zero-order valence-electron chi connectivity index (χ0n) is 15.3. The first-order chi connectivity index (χ1) is 13.1. The highest BCUT2D eigenvalue weighted by atomic mass is 35.5. The second kappa shape index (κ2) is 7.35. The number of β-amino-alcohol motifs (C(OH)–C–C–N with tert-alkyl or cyclic N) is 1. The van der Waals surface area contributed by atoms with E-state index in [1.807, 2.05) is 36.4 Å². The Bertz CT molecular complexity index is 993. The lowest BCUT2D eigenvalue weighted by Gasteiger charge is -2.34. The number of aromatic nitrogens is 1. The van der Waals surface area contributed by atoms with Gasteiger partial charge in [0.2, 0.25) is 0 Å². The van der Waals surface area contributed by atoms with Gasteiger partial charge >= 0.3 is 0 Å². The largest absolute Gasteiger partial charge is 0.496 e. The van der Waals surface area contributed by atoms with E-state index < -0.39 is 6.10 Å². The third-order valence-corrected chi connectivity index (χ3v) is 5.42. The summed E-state index contributed by atoms with van der Waals surface area (Å²) in [6, 6.07) is 11.5. The molecule has 3 aromatic rings. The monoisotopic (exact) mass is 384 g/mol. The Kier molecular flexibility index (Phi) is 4.91. The van der Waals surface area contributed by atoms with Crippen LogP contribution in [0.15, 0.2) is 42.6 Å². The number of halogens is 1. The van der Waals surface area contributed by atoms with Crippen molar-refractivity contribution in [2.24, 2.45) is 0 Å². The maximum Gasteiger partial charge on any atom is 0.125 e. The van der Waals surface area contributed by atoms with Crippen molar-refractivity contribution in [3.8, 4) is 11.5 Å². The average Bonchev–Trinajstić information content (AvgIpc) is 2.69. The van der Waals surface area contributed by atoms with Crippen molar-refractivity contribution < 1.29 is 14.6 Å². The lowest BCUT2D eigenvalue weighted by Crippen LogP contribution is -2.34. The zero-order valence-corrected chi connectivity index (χ0v) is 16.0. The number of methoxy groups -OCH3 is 2. The molecule has 2 heterocycles. The van der Waals surface area contributed by atoms with Gasteiger partial charge in [0.05, 0.1) is 25.8 Å². The molecule has 27 heavy (non-hydrogen) atoms. The van der Waals surface area contributed by atoms with Crippen LogP contribution in [0.25, 0.3) is 10.9 Å². The Morgan fingerprint density at radius 1 is 1.15 bits per heavy atom.